The summed E-state index contributed by atoms with van der Waals surface area (Å²) in [5, 5.41) is 7.93. The van der Waals surface area contributed by atoms with Crippen molar-refractivity contribution in [2.24, 2.45) is 0 Å². The lowest BCUT2D eigenvalue weighted by molar-refractivity contribution is 0.0724. The molecule has 9 nitrogen and oxygen atoms in total. The molecule has 0 amide bonds. The van der Waals surface area contributed by atoms with Crippen LogP contribution >= 0.6 is 0 Å². The van der Waals surface area contributed by atoms with Crippen molar-refractivity contribution in [3.63, 3.8) is 0 Å². The number of pyridine rings is 1. The number of hydrogen-bond acceptors (Lipinski definition) is 6. The van der Waals surface area contributed by atoms with Crippen LogP contribution in [0.5, 0.6) is 0 Å². The number of aromatic nitrogens is 4. The Bertz CT molecular complexity index is 711. The molecule has 0 radical (unpaired) electrons. The number of hydrogen-bond donors (Lipinski definition) is 1. The van der Waals surface area contributed by atoms with E-state index in [0.717, 1.165) is 5.69 Å². The predicted molar refractivity (Wildman–Crippen MR) is 77.3 cm³/mol. The van der Waals surface area contributed by atoms with Crippen LogP contribution in [0.25, 0.3) is 5.69 Å². The Hall–Kier alpha value is -1.88. The van der Waals surface area contributed by atoms with Gasteiger partial charge in [0.05, 0.1) is 37.3 Å². The van der Waals surface area contributed by atoms with E-state index in [2.05, 4.69) is 20.0 Å². The first-order valence-corrected chi connectivity index (χ1v) is 8.23. The van der Waals surface area contributed by atoms with E-state index in [1.165, 1.54) is 4.31 Å². The van der Waals surface area contributed by atoms with E-state index in [9.17, 15) is 8.42 Å². The van der Waals surface area contributed by atoms with E-state index in [1.807, 2.05) is 0 Å². The van der Waals surface area contributed by atoms with E-state index >= 15 is 0 Å². The van der Waals surface area contributed by atoms with Gasteiger partial charge in [-0.15, -0.1) is 5.10 Å². The molecule has 0 atom stereocenters. The van der Waals surface area contributed by atoms with Crippen LogP contribution < -0.4 is 4.72 Å². The largest absolute Gasteiger partial charge is 0.379 e. The van der Waals surface area contributed by atoms with Crippen molar-refractivity contribution in [2.45, 2.75) is 6.54 Å². The van der Waals surface area contributed by atoms with Crippen molar-refractivity contribution in [1.82, 2.24) is 29.0 Å². The van der Waals surface area contributed by atoms with E-state index in [4.69, 9.17) is 4.74 Å². The quantitative estimate of drug-likeness (QED) is 0.782. The minimum absolute atomic E-state index is 0.0881. The number of morpholine rings is 1. The Morgan fingerprint density at radius 3 is 2.68 bits per heavy atom. The third kappa shape index (κ3) is 3.47. The molecule has 0 aromatic carbocycles. The molecule has 0 unspecified atom stereocenters. The molecule has 22 heavy (non-hydrogen) atoms. The highest BCUT2D eigenvalue weighted by Crippen LogP contribution is 2.06. The summed E-state index contributed by atoms with van der Waals surface area (Å²) in [5.41, 5.74) is 1.35. The van der Waals surface area contributed by atoms with Gasteiger partial charge in [0.25, 0.3) is 10.2 Å². The molecule has 1 aliphatic rings. The van der Waals surface area contributed by atoms with Crippen LogP contribution in [0.15, 0.2) is 30.7 Å². The van der Waals surface area contributed by atoms with E-state index in [-0.39, 0.29) is 6.54 Å². The van der Waals surface area contributed by atoms with Gasteiger partial charge in [-0.25, -0.2) is 4.68 Å². The molecule has 0 bridgehead atoms. The van der Waals surface area contributed by atoms with Gasteiger partial charge in [0.1, 0.15) is 0 Å². The Kier molecular flexibility index (Phi) is 4.43. The van der Waals surface area contributed by atoms with Gasteiger partial charge in [-0.2, -0.15) is 17.4 Å². The maximum Gasteiger partial charge on any atom is 0.279 e. The maximum absolute atomic E-state index is 12.1. The summed E-state index contributed by atoms with van der Waals surface area (Å²) in [5.74, 6) is 0. The normalized spacial score (nSPS) is 16.7. The van der Waals surface area contributed by atoms with Gasteiger partial charge >= 0.3 is 0 Å². The summed E-state index contributed by atoms with van der Waals surface area (Å²) in [7, 11) is -3.52. The van der Waals surface area contributed by atoms with Crippen LogP contribution in [0.2, 0.25) is 0 Å². The van der Waals surface area contributed by atoms with Crippen LogP contribution in [-0.4, -0.2) is 59.0 Å². The van der Waals surface area contributed by atoms with Crippen LogP contribution in [-0.2, 0) is 21.5 Å². The standard InChI is InChI=1S/C12H16N6O3S/c19-22(20,17-5-7-21-8-6-17)14-9-11-10-18(16-15-11)12-1-3-13-4-2-12/h1-4,10,14H,5-9H2. The fourth-order valence-electron chi connectivity index (χ4n) is 2.05. The van der Waals surface area contributed by atoms with E-state index < -0.39 is 10.2 Å². The molecule has 2 aromatic heterocycles. The van der Waals surface area contributed by atoms with Gasteiger partial charge in [0.2, 0.25) is 0 Å². The van der Waals surface area contributed by atoms with E-state index in [1.54, 1.807) is 35.4 Å². The fourth-order valence-corrected chi connectivity index (χ4v) is 3.19. The summed E-state index contributed by atoms with van der Waals surface area (Å²) in [6, 6.07) is 3.58. The Labute approximate surface area is 128 Å². The Morgan fingerprint density at radius 2 is 1.95 bits per heavy atom. The second kappa shape index (κ2) is 6.48. The zero-order valence-corrected chi connectivity index (χ0v) is 12.6. The van der Waals surface area contributed by atoms with Crippen molar-refractivity contribution in [3.05, 3.63) is 36.4 Å². The third-order valence-electron chi connectivity index (χ3n) is 3.21. The zero-order chi connectivity index (χ0) is 15.4. The molecular weight excluding hydrogens is 308 g/mol. The van der Waals surface area contributed by atoms with Crippen molar-refractivity contribution in [3.8, 4) is 5.69 Å². The maximum atomic E-state index is 12.1. The summed E-state index contributed by atoms with van der Waals surface area (Å²) < 4.78 is 34.9. The second-order valence-electron chi connectivity index (χ2n) is 4.70. The molecule has 1 fully saturated rings. The smallest absolute Gasteiger partial charge is 0.279 e. The summed E-state index contributed by atoms with van der Waals surface area (Å²) in [6.07, 6.45) is 4.98. The van der Waals surface area contributed by atoms with Gasteiger partial charge in [0.15, 0.2) is 0 Å². The Morgan fingerprint density at radius 1 is 1.23 bits per heavy atom. The highest BCUT2D eigenvalue weighted by Gasteiger charge is 2.24. The zero-order valence-electron chi connectivity index (χ0n) is 11.8. The van der Waals surface area contributed by atoms with Gasteiger partial charge in [-0.3, -0.25) is 4.98 Å². The molecule has 1 saturated heterocycles. The lowest BCUT2D eigenvalue weighted by atomic mass is 10.4. The third-order valence-corrected chi connectivity index (χ3v) is 4.77. The van der Waals surface area contributed by atoms with Crippen LogP contribution in [0, 0.1) is 0 Å². The number of nitrogens with zero attached hydrogens (tertiary/aromatic N) is 5. The summed E-state index contributed by atoms with van der Waals surface area (Å²) in [6.45, 7) is 1.64. The van der Waals surface area contributed by atoms with Gasteiger partial charge in [-0.1, -0.05) is 5.21 Å². The average molecular weight is 324 g/mol. The topological polar surface area (TPSA) is 102 Å². The first-order valence-electron chi connectivity index (χ1n) is 6.79. The van der Waals surface area contributed by atoms with Gasteiger partial charge < -0.3 is 4.74 Å². The van der Waals surface area contributed by atoms with Crippen molar-refractivity contribution in [2.75, 3.05) is 26.3 Å². The minimum atomic E-state index is -3.52. The predicted octanol–water partition coefficient (Wildman–Crippen LogP) is -0.671. The molecular formula is C12H16N6O3S. The highest BCUT2D eigenvalue weighted by atomic mass is 32.2. The van der Waals surface area contributed by atoms with Crippen LogP contribution in [0.1, 0.15) is 5.69 Å². The first kappa shape index (κ1) is 15.0. The van der Waals surface area contributed by atoms with Crippen LogP contribution in [0.4, 0.5) is 0 Å². The van der Waals surface area contributed by atoms with Crippen molar-refractivity contribution >= 4 is 10.2 Å². The van der Waals surface area contributed by atoms with Crippen molar-refractivity contribution < 1.29 is 13.2 Å². The van der Waals surface area contributed by atoms with Crippen LogP contribution in [0.3, 0.4) is 0 Å². The molecule has 0 saturated carbocycles. The van der Waals surface area contributed by atoms with Gasteiger partial charge in [-0.05, 0) is 12.1 Å². The highest BCUT2D eigenvalue weighted by molar-refractivity contribution is 7.87. The molecule has 3 heterocycles. The summed E-state index contributed by atoms with van der Waals surface area (Å²) in [4.78, 5) is 3.93. The molecule has 1 N–H and O–H groups in total. The minimum Gasteiger partial charge on any atom is -0.379 e. The second-order valence-corrected chi connectivity index (χ2v) is 6.45. The fraction of sp³-hybridized carbons (Fsp3) is 0.417. The molecule has 1 aliphatic heterocycles. The van der Waals surface area contributed by atoms with Gasteiger partial charge in [0, 0.05) is 25.5 Å². The lowest BCUT2D eigenvalue weighted by Crippen LogP contribution is -2.46. The molecule has 10 heteroatoms. The number of rotatable bonds is 5. The number of nitrogens with one attached hydrogen (secondary N) is 1. The number of ether oxygens (including phenoxy) is 1. The van der Waals surface area contributed by atoms with Crippen molar-refractivity contribution in [1.29, 1.82) is 0 Å². The lowest BCUT2D eigenvalue weighted by Gasteiger charge is -2.25. The monoisotopic (exact) mass is 324 g/mol. The SMILES string of the molecule is O=S(=O)(NCc1cn(-c2ccncc2)nn1)N1CCOCC1. The Balaban J connectivity index is 1.63. The molecule has 0 spiro atoms. The average Bonchev–Trinajstić information content (AvgIpc) is 3.04. The molecule has 118 valence electrons. The molecule has 2 aromatic rings. The summed E-state index contributed by atoms with van der Waals surface area (Å²) >= 11 is 0. The molecule has 3 rings (SSSR count). The van der Waals surface area contributed by atoms with E-state index in [0.29, 0.717) is 32.0 Å². The first-order chi connectivity index (χ1) is 10.6. The molecule has 0 aliphatic carbocycles.